The normalized spacial score (nSPS) is 10.6. The van der Waals surface area contributed by atoms with Crippen molar-refractivity contribution in [2.45, 2.75) is 20.0 Å². The highest BCUT2D eigenvalue weighted by Gasteiger charge is 2.10. The zero-order chi connectivity index (χ0) is 16.5. The Hall–Kier alpha value is -2.04. The summed E-state index contributed by atoms with van der Waals surface area (Å²) in [5.41, 5.74) is 3.67. The molecule has 1 N–H and O–H groups in total. The molecule has 0 fully saturated rings. The lowest BCUT2D eigenvalue weighted by Gasteiger charge is -2.15. The number of aryl methyl sites for hydroxylation is 1. The quantitative estimate of drug-likeness (QED) is 0.721. The summed E-state index contributed by atoms with van der Waals surface area (Å²) < 4.78 is 16.3. The van der Waals surface area contributed by atoms with Crippen LogP contribution in [0, 0.1) is 6.92 Å². The summed E-state index contributed by atoms with van der Waals surface area (Å²) in [4.78, 5) is 0. The third kappa shape index (κ3) is 4.98. The molecule has 23 heavy (non-hydrogen) atoms. The van der Waals surface area contributed by atoms with Crippen LogP contribution in [-0.4, -0.2) is 27.4 Å². The minimum atomic E-state index is 0.502. The molecule has 2 aromatic rings. The second-order valence-electron chi connectivity index (χ2n) is 5.32. The molecule has 0 amide bonds. The summed E-state index contributed by atoms with van der Waals surface area (Å²) in [7, 11) is 3.32. The Morgan fingerprint density at radius 1 is 0.870 bits per heavy atom. The smallest absolute Gasteiger partial charge is 0.165 e. The van der Waals surface area contributed by atoms with Crippen LogP contribution in [0.3, 0.4) is 0 Å². The molecule has 0 radical (unpaired) electrons. The summed E-state index contributed by atoms with van der Waals surface area (Å²) in [5, 5.41) is 3.47. The maximum absolute atomic E-state index is 5.84. The number of ether oxygens (including phenoxy) is 3. The fourth-order valence-electron chi connectivity index (χ4n) is 2.39. The van der Waals surface area contributed by atoms with Crippen LogP contribution in [-0.2, 0) is 17.8 Å². The number of hydrogen-bond acceptors (Lipinski definition) is 4. The van der Waals surface area contributed by atoms with Crippen molar-refractivity contribution in [2.75, 3.05) is 27.4 Å². The molecule has 0 aromatic heterocycles. The Balaban J connectivity index is 2.02. The van der Waals surface area contributed by atoms with E-state index in [0.29, 0.717) is 19.8 Å². The van der Waals surface area contributed by atoms with Gasteiger partial charge in [0.15, 0.2) is 11.5 Å². The standard InChI is InChI=1S/C19H25NO3/c1-15-7-4-5-8-16(15)13-20-14-17-9-6-10-18(22-3)19(17)23-12-11-21-2/h4-10,20H,11-14H2,1-3H3. The zero-order valence-corrected chi connectivity index (χ0v) is 14.1. The number of benzene rings is 2. The van der Waals surface area contributed by atoms with Crippen molar-refractivity contribution >= 4 is 0 Å². The van der Waals surface area contributed by atoms with Crippen molar-refractivity contribution < 1.29 is 14.2 Å². The van der Waals surface area contributed by atoms with Gasteiger partial charge in [0.25, 0.3) is 0 Å². The molecule has 0 bridgehead atoms. The molecule has 4 nitrogen and oxygen atoms in total. The van der Waals surface area contributed by atoms with Gasteiger partial charge in [0, 0.05) is 25.8 Å². The Morgan fingerprint density at radius 3 is 2.35 bits per heavy atom. The van der Waals surface area contributed by atoms with Crippen LogP contribution >= 0.6 is 0 Å². The average Bonchev–Trinajstić information content (AvgIpc) is 2.57. The molecule has 2 aromatic carbocycles. The Bertz CT molecular complexity index is 613. The molecule has 4 heteroatoms. The van der Waals surface area contributed by atoms with Gasteiger partial charge >= 0.3 is 0 Å². The van der Waals surface area contributed by atoms with E-state index in [-0.39, 0.29) is 0 Å². The van der Waals surface area contributed by atoms with E-state index in [1.165, 1.54) is 11.1 Å². The minimum Gasteiger partial charge on any atom is -0.493 e. The Morgan fingerprint density at radius 2 is 1.61 bits per heavy atom. The summed E-state index contributed by atoms with van der Waals surface area (Å²) in [6, 6.07) is 14.3. The van der Waals surface area contributed by atoms with Gasteiger partial charge in [0.1, 0.15) is 6.61 Å². The molecule has 0 aliphatic rings. The first-order valence-electron chi connectivity index (χ1n) is 7.79. The van der Waals surface area contributed by atoms with Gasteiger partial charge in [-0.05, 0) is 24.1 Å². The third-order valence-electron chi connectivity index (χ3n) is 3.71. The van der Waals surface area contributed by atoms with Crippen LogP contribution in [0.2, 0.25) is 0 Å². The third-order valence-corrected chi connectivity index (χ3v) is 3.71. The lowest BCUT2D eigenvalue weighted by molar-refractivity contribution is 0.143. The van der Waals surface area contributed by atoms with E-state index in [0.717, 1.165) is 23.6 Å². The zero-order valence-electron chi connectivity index (χ0n) is 14.1. The second kappa shape index (κ2) is 9.18. The first kappa shape index (κ1) is 17.3. The maximum atomic E-state index is 5.84. The number of rotatable bonds is 9. The lowest BCUT2D eigenvalue weighted by atomic mass is 10.1. The van der Waals surface area contributed by atoms with E-state index < -0.39 is 0 Å². The average molecular weight is 315 g/mol. The van der Waals surface area contributed by atoms with Crippen molar-refractivity contribution in [3.8, 4) is 11.5 Å². The van der Waals surface area contributed by atoms with Gasteiger partial charge in [0.05, 0.1) is 13.7 Å². The van der Waals surface area contributed by atoms with E-state index in [2.05, 4.69) is 42.6 Å². The number of hydrogen-bond donors (Lipinski definition) is 1. The van der Waals surface area contributed by atoms with Gasteiger partial charge in [-0.2, -0.15) is 0 Å². The predicted molar refractivity (Wildman–Crippen MR) is 92.1 cm³/mol. The summed E-state index contributed by atoms with van der Waals surface area (Å²) in [5.74, 6) is 1.53. The van der Waals surface area contributed by atoms with Crippen molar-refractivity contribution in [3.63, 3.8) is 0 Å². The van der Waals surface area contributed by atoms with Gasteiger partial charge in [-0.15, -0.1) is 0 Å². The molecule has 0 heterocycles. The first-order chi connectivity index (χ1) is 11.3. The number of methoxy groups -OCH3 is 2. The van der Waals surface area contributed by atoms with Gasteiger partial charge in [-0.1, -0.05) is 36.4 Å². The van der Waals surface area contributed by atoms with Crippen LogP contribution < -0.4 is 14.8 Å². The van der Waals surface area contributed by atoms with E-state index in [9.17, 15) is 0 Å². The molecule has 0 aliphatic carbocycles. The van der Waals surface area contributed by atoms with Crippen LogP contribution in [0.5, 0.6) is 11.5 Å². The van der Waals surface area contributed by atoms with E-state index >= 15 is 0 Å². The molecule has 2 rings (SSSR count). The highest BCUT2D eigenvalue weighted by Crippen LogP contribution is 2.31. The topological polar surface area (TPSA) is 39.7 Å². The monoisotopic (exact) mass is 315 g/mol. The summed E-state index contributed by atoms with van der Waals surface area (Å²) in [6.07, 6.45) is 0. The molecule has 0 atom stereocenters. The SMILES string of the molecule is COCCOc1c(CNCc2ccccc2C)cccc1OC. The maximum Gasteiger partial charge on any atom is 0.165 e. The van der Waals surface area contributed by atoms with Crippen molar-refractivity contribution in [2.24, 2.45) is 0 Å². The van der Waals surface area contributed by atoms with Gasteiger partial charge in [-0.25, -0.2) is 0 Å². The fraction of sp³-hybridized carbons (Fsp3) is 0.368. The molecule has 0 unspecified atom stereocenters. The van der Waals surface area contributed by atoms with Gasteiger partial charge < -0.3 is 19.5 Å². The van der Waals surface area contributed by atoms with E-state index in [1.54, 1.807) is 14.2 Å². The van der Waals surface area contributed by atoms with Crippen LogP contribution in [0.15, 0.2) is 42.5 Å². The molecular formula is C19H25NO3. The molecule has 0 aliphatic heterocycles. The molecule has 0 saturated heterocycles. The van der Waals surface area contributed by atoms with Crippen LogP contribution in [0.25, 0.3) is 0 Å². The van der Waals surface area contributed by atoms with Gasteiger partial charge in [-0.3, -0.25) is 0 Å². The number of para-hydroxylation sites is 1. The lowest BCUT2D eigenvalue weighted by Crippen LogP contribution is -2.15. The van der Waals surface area contributed by atoms with Crippen molar-refractivity contribution in [3.05, 3.63) is 59.2 Å². The molecule has 0 spiro atoms. The molecule has 0 saturated carbocycles. The van der Waals surface area contributed by atoms with Crippen molar-refractivity contribution in [1.29, 1.82) is 0 Å². The fourth-order valence-corrected chi connectivity index (χ4v) is 2.39. The first-order valence-corrected chi connectivity index (χ1v) is 7.79. The summed E-state index contributed by atoms with van der Waals surface area (Å²) >= 11 is 0. The van der Waals surface area contributed by atoms with Crippen LogP contribution in [0.4, 0.5) is 0 Å². The predicted octanol–water partition coefficient (Wildman–Crippen LogP) is 3.32. The minimum absolute atomic E-state index is 0.502. The Kier molecular flexibility index (Phi) is 6.91. The van der Waals surface area contributed by atoms with E-state index in [1.807, 2.05) is 12.1 Å². The van der Waals surface area contributed by atoms with Crippen molar-refractivity contribution in [1.82, 2.24) is 5.32 Å². The van der Waals surface area contributed by atoms with E-state index in [4.69, 9.17) is 14.2 Å². The highest BCUT2D eigenvalue weighted by atomic mass is 16.5. The highest BCUT2D eigenvalue weighted by molar-refractivity contribution is 5.46. The van der Waals surface area contributed by atoms with Crippen LogP contribution in [0.1, 0.15) is 16.7 Å². The molecule has 124 valence electrons. The largest absolute Gasteiger partial charge is 0.493 e. The number of nitrogens with one attached hydrogen (secondary N) is 1. The van der Waals surface area contributed by atoms with Gasteiger partial charge in [0.2, 0.25) is 0 Å². The molecular weight excluding hydrogens is 290 g/mol. The summed E-state index contributed by atoms with van der Waals surface area (Å²) in [6.45, 7) is 4.72. The second-order valence-corrected chi connectivity index (χ2v) is 5.32. The Labute approximate surface area is 138 Å².